The highest BCUT2D eigenvalue weighted by atomic mass is 32.7. The summed E-state index contributed by atoms with van der Waals surface area (Å²) in [5.74, 6) is -0.577. The number of imidazole rings is 1. The van der Waals surface area contributed by atoms with Crippen LogP contribution in [0.1, 0.15) is 53.4 Å². The summed E-state index contributed by atoms with van der Waals surface area (Å²) in [6, 6.07) is 0. The van der Waals surface area contributed by atoms with Gasteiger partial charge in [0.2, 0.25) is 5.95 Å². The van der Waals surface area contributed by atoms with Crippen LogP contribution in [-0.4, -0.2) is 296 Å². The van der Waals surface area contributed by atoms with E-state index in [1.807, 2.05) is 0 Å². The van der Waals surface area contributed by atoms with Crippen LogP contribution in [0.2, 0.25) is 0 Å². The largest absolute Gasteiger partial charge is 0.780 e. The van der Waals surface area contributed by atoms with Crippen LogP contribution in [0.5, 0.6) is 0 Å². The first-order chi connectivity index (χ1) is 61.1. The number of hydrogen-bond acceptors (Lipinski definition) is 49. The second-order valence-electron chi connectivity index (χ2n) is 28.8. The van der Waals surface area contributed by atoms with Gasteiger partial charge in [-0.05, 0) is 27.7 Å². The van der Waals surface area contributed by atoms with Gasteiger partial charge in [-0.1, -0.05) is 23.6 Å². The number of phosphoric ester groups is 2. The van der Waals surface area contributed by atoms with Crippen molar-refractivity contribution in [3.63, 3.8) is 0 Å². The summed E-state index contributed by atoms with van der Waals surface area (Å²) in [5, 5.41) is 11.7. The summed E-state index contributed by atoms with van der Waals surface area (Å²) in [7, 11) is -4.80. The summed E-state index contributed by atoms with van der Waals surface area (Å²) >= 11 is 16.0. The average Bonchev–Trinajstić information content (AvgIpc) is 1.61. The predicted molar refractivity (Wildman–Crippen MR) is 437 cm³/mol. The molecule has 11 heterocycles. The van der Waals surface area contributed by atoms with Crippen LogP contribution in [0.4, 0.5) is 11.8 Å². The molecule has 0 aromatic carbocycles. The standard InChI is InChI=1S/C66H99N14O41P5S3/c1-31-21-76(63(86)70-51(31)67)57-46(103-16-11-97-5)41(81)35(113-57)25-111-125(95,128)121-45-39(116-60(50(45)107-20-15-101-9)79-24-34(4)55(84)75-66(79)89)29-112-126(96,129)120-44-37(114-59(49(44)106-19-14-100-8)78-23-33(3)54(83)74-65(78)88)27-109-123(92,93)118-42-36(117-61(48(42)105-18-13-99-7)80-30-69-40-52(80)71-62(68)72-56(40)85)26-108-122(90,91)119-43-38(28-110-124(94,127)102-10)115-58(47(43)104-17-12-98-6)77-22-32(2)53(82)73-64(77)87/h21-24,30,35-39,41-50,57-61,81H,11-20,25-29H2,1-10H3,(H,90,91)(H,92,93)(H,94,127)(H,95,128)(H,96,129)(H2,67,70,86)(H,73,82,87)(H,74,83,88)(H,75,84,89)(H3,68,71,72,85)/p-5/t35-,36-,37-,38-,39-,41+,42+,43+,44+,45+,46?,47?,48?,49?,50?,57-,58-,59-,60-,61-,124?,125?,126?/m1/s1. The van der Waals surface area contributed by atoms with E-state index in [0.29, 0.717) is 5.56 Å². The third-order valence-corrected chi connectivity index (χ3v) is 26.8. The number of aliphatic hydroxyl groups is 1. The smallest absolute Gasteiger partial charge is 0.351 e. The van der Waals surface area contributed by atoms with Gasteiger partial charge in [0, 0.05) is 89.7 Å². The molecule has 5 fully saturated rings. The van der Waals surface area contributed by atoms with Crippen LogP contribution < -0.4 is 76.0 Å². The number of rotatable bonds is 49. The molecule has 9 N–H and O–H groups in total. The van der Waals surface area contributed by atoms with Crippen molar-refractivity contribution < 1.29 is 155 Å². The molecule has 0 saturated carbocycles. The van der Waals surface area contributed by atoms with Gasteiger partial charge in [0.15, 0.2) is 49.1 Å². The van der Waals surface area contributed by atoms with Gasteiger partial charge in [0.25, 0.3) is 37.9 Å². The number of ether oxygens (including phenoxy) is 15. The second kappa shape index (κ2) is 45.1. The van der Waals surface area contributed by atoms with E-state index in [0.717, 1.165) is 54.9 Å². The van der Waals surface area contributed by atoms with Crippen molar-refractivity contribution in [3.8, 4) is 0 Å². The first-order valence-corrected chi connectivity index (χ1v) is 49.2. The van der Waals surface area contributed by atoms with Gasteiger partial charge < -0.3 is 165 Å². The van der Waals surface area contributed by atoms with Crippen molar-refractivity contribution in [1.82, 2.24) is 57.7 Å². The number of hydrogen-bond donors (Lipinski definition) is 7. The van der Waals surface area contributed by atoms with Crippen molar-refractivity contribution >= 4 is 94.7 Å². The lowest BCUT2D eigenvalue weighted by Crippen LogP contribution is -2.42. The highest BCUT2D eigenvalue weighted by Gasteiger charge is 2.56. The van der Waals surface area contributed by atoms with E-state index in [-0.39, 0.29) is 86.5 Å². The number of nitrogen functional groups attached to an aromatic ring is 2. The van der Waals surface area contributed by atoms with E-state index < -0.39 is 256 Å². The number of nitrogens with two attached hydrogens (primary N) is 2. The van der Waals surface area contributed by atoms with E-state index in [4.69, 9.17) is 164 Å². The number of methoxy groups -OCH3 is 5. The molecule has 0 aliphatic carbocycles. The lowest BCUT2D eigenvalue weighted by atomic mass is 10.1. The van der Waals surface area contributed by atoms with Crippen LogP contribution in [-0.2, 0) is 166 Å². The molecule has 0 spiro atoms. The molecular weight excluding hydrogens is 1900 g/mol. The SMILES string of the molecule is COCCOC1[C@@H](O)[C@@H](COP([O-])(=S)O[C@@H]2C(OCCOC)[C@H](n3cc(C)c(=O)[nH]c3=O)O[C@@H]2COP(=O)([S-])O[C@@H]2C(OCCOC)[C@H](n3cc(C)c(=O)[nH]c3=O)O[C@@H]2COP(=O)([O-])O[C@@H]2C(OCCOC)[C@H](n3cnc4c(=O)[nH]c(N)nc43)O[C@@H]2COP(=O)([O-])O[C@@H]2C(OCCOC)[C@H](n3cc(C)c(=O)[nH]c3=O)O[C@@H]2COP([O-])(=S)OC)O[C@H]1n1cc(C)c(N)nc1=O. The third kappa shape index (κ3) is 25.8. The molecule has 5 aliphatic heterocycles. The Bertz CT molecular complexity index is 5630. The summed E-state index contributed by atoms with van der Waals surface area (Å²) in [4.78, 5) is 184. The molecule has 0 radical (unpaired) electrons. The van der Waals surface area contributed by atoms with Gasteiger partial charge in [-0.2, -0.15) is 9.97 Å². The zero-order chi connectivity index (χ0) is 93.9. The van der Waals surface area contributed by atoms with Crippen LogP contribution in [0.3, 0.4) is 0 Å². The van der Waals surface area contributed by atoms with Crippen LogP contribution in [0.15, 0.2) is 69.5 Å². The molecular formula is C66H94N14O41P5S3-5. The lowest BCUT2D eigenvalue weighted by Gasteiger charge is -2.36. The first-order valence-electron chi connectivity index (χ1n) is 38.7. The Kier molecular flexibility index (Phi) is 36.2. The van der Waals surface area contributed by atoms with Gasteiger partial charge in [-0.25, -0.2) is 24.2 Å². The van der Waals surface area contributed by atoms with E-state index >= 15 is 14.0 Å². The van der Waals surface area contributed by atoms with Crippen molar-refractivity contribution in [2.24, 2.45) is 0 Å². The van der Waals surface area contributed by atoms with Crippen LogP contribution in [0, 0.1) is 27.7 Å². The molecule has 129 heavy (non-hydrogen) atoms. The number of aryl methyl sites for hydroxylation is 4. The van der Waals surface area contributed by atoms with Crippen molar-refractivity contribution in [2.45, 2.75) is 150 Å². The van der Waals surface area contributed by atoms with Crippen molar-refractivity contribution in [3.05, 3.63) is 137 Å². The molecule has 5 aliphatic rings. The number of nitrogens with one attached hydrogen (secondary N) is 4. The normalized spacial score (nSPS) is 28.9. The topological polar surface area (TPSA) is 710 Å². The number of aliphatic hydroxyl groups excluding tert-OH is 1. The number of aromatic amines is 4. The van der Waals surface area contributed by atoms with Gasteiger partial charge in [0.1, 0.15) is 111 Å². The lowest BCUT2D eigenvalue weighted by molar-refractivity contribution is -0.241. The molecule has 5 saturated heterocycles. The fraction of sp³-hybridized carbons (Fsp3) is 0.682. The van der Waals surface area contributed by atoms with Gasteiger partial charge >= 0.3 is 22.8 Å². The minimum Gasteiger partial charge on any atom is -0.780 e. The van der Waals surface area contributed by atoms with E-state index in [1.54, 1.807) is 6.92 Å². The van der Waals surface area contributed by atoms with Crippen molar-refractivity contribution in [1.29, 1.82) is 0 Å². The molecule has 55 nitrogen and oxygen atoms in total. The zero-order valence-electron chi connectivity index (χ0n) is 70.0. The zero-order valence-corrected chi connectivity index (χ0v) is 76.9. The summed E-state index contributed by atoms with van der Waals surface area (Å²) in [6.45, 7) is -17.5. The maximum atomic E-state index is 15.4. The molecule has 6 aromatic heterocycles. The first kappa shape index (κ1) is 104. The summed E-state index contributed by atoms with van der Waals surface area (Å²) in [5.41, 5.74) is 3.60. The quantitative estimate of drug-likeness (QED) is 0.0106. The number of H-pyrrole nitrogens is 4. The molecule has 25 atom stereocenters. The molecule has 6 aromatic rings. The summed E-state index contributed by atoms with van der Waals surface area (Å²) < 4.78 is 194. The number of nitrogens with zero attached hydrogens (tertiary/aromatic N) is 8. The Morgan fingerprint density at radius 1 is 0.426 bits per heavy atom. The third-order valence-electron chi connectivity index (χ3n) is 20.1. The predicted octanol–water partition coefficient (Wildman–Crippen LogP) is -5.54. The fourth-order valence-corrected chi connectivity index (χ4v) is 19.2. The Morgan fingerprint density at radius 2 is 0.767 bits per heavy atom. The van der Waals surface area contributed by atoms with Crippen molar-refractivity contribution in [2.75, 3.05) is 153 Å². The Labute approximate surface area is 743 Å². The number of aromatic nitrogens is 12. The Morgan fingerprint density at radius 3 is 1.18 bits per heavy atom. The van der Waals surface area contributed by atoms with Gasteiger partial charge in [0.05, 0.1) is 105 Å². The highest BCUT2D eigenvalue weighted by Crippen LogP contribution is 2.56. The van der Waals surface area contributed by atoms with E-state index in [2.05, 4.69) is 34.9 Å². The molecule has 63 heteroatoms. The number of fused-ring (bicyclic) bond motifs is 1. The highest BCUT2D eigenvalue weighted by molar-refractivity contribution is 8.32. The maximum absolute atomic E-state index is 15.4. The monoisotopic (exact) mass is 1990 g/mol. The second-order valence-corrected chi connectivity index (χ2v) is 39.8. The Balaban J connectivity index is 0.911. The van der Waals surface area contributed by atoms with Gasteiger partial charge in [-0.15, -0.1) is 0 Å². The minimum atomic E-state index is -6.22. The van der Waals surface area contributed by atoms with E-state index in [1.165, 1.54) is 62.5 Å². The van der Waals surface area contributed by atoms with Crippen LogP contribution in [0.25, 0.3) is 11.2 Å². The molecule has 11 rings (SSSR count). The number of phosphoric acid groups is 2. The molecule has 10 unspecified atom stereocenters. The Hall–Kier alpha value is -5.99. The number of anilines is 2. The maximum Gasteiger partial charge on any atom is 0.351 e. The van der Waals surface area contributed by atoms with Gasteiger partial charge in [-0.3, -0.25) is 75.6 Å². The average molecular weight is 1990 g/mol. The molecule has 0 bridgehead atoms. The molecule has 0 amide bonds. The van der Waals surface area contributed by atoms with E-state index in [9.17, 15) is 62.7 Å². The van der Waals surface area contributed by atoms with Crippen LogP contribution >= 0.6 is 35.9 Å². The summed E-state index contributed by atoms with van der Waals surface area (Å²) in [6.07, 6.45) is -30.7. The minimum absolute atomic E-state index is 0.0117. The fourth-order valence-electron chi connectivity index (χ4n) is 13.9. The molecule has 722 valence electrons.